The molecular formula is C16H22N2O4S. The van der Waals surface area contributed by atoms with Crippen molar-refractivity contribution < 1.29 is 17.9 Å². The Hall–Kier alpha value is -1.44. The number of hydrogen-bond donors (Lipinski definition) is 1. The average molecular weight is 338 g/mol. The van der Waals surface area contributed by atoms with Gasteiger partial charge in [-0.05, 0) is 24.0 Å². The maximum Gasteiger partial charge on any atom is 0.223 e. The van der Waals surface area contributed by atoms with Crippen molar-refractivity contribution in [2.75, 3.05) is 32.5 Å². The number of morpholine rings is 1. The van der Waals surface area contributed by atoms with Gasteiger partial charge in [0, 0.05) is 25.6 Å². The third kappa shape index (κ3) is 3.91. The Kier molecular flexibility index (Phi) is 4.70. The van der Waals surface area contributed by atoms with Crippen LogP contribution in [0.5, 0.6) is 0 Å². The van der Waals surface area contributed by atoms with Crippen molar-refractivity contribution in [1.82, 2.24) is 9.62 Å². The molecule has 1 heterocycles. The van der Waals surface area contributed by atoms with E-state index in [1.807, 2.05) is 12.1 Å². The molecule has 7 heteroatoms. The van der Waals surface area contributed by atoms with Crippen LogP contribution in [0.1, 0.15) is 11.1 Å². The summed E-state index contributed by atoms with van der Waals surface area (Å²) in [6.45, 7) is 1.38. The highest BCUT2D eigenvalue weighted by Crippen LogP contribution is 2.26. The van der Waals surface area contributed by atoms with Crippen molar-refractivity contribution in [3.8, 4) is 0 Å². The number of rotatable bonds is 4. The van der Waals surface area contributed by atoms with E-state index < -0.39 is 10.0 Å². The summed E-state index contributed by atoms with van der Waals surface area (Å²) < 4.78 is 30.1. The lowest BCUT2D eigenvalue weighted by molar-refractivity contribution is -0.125. The van der Waals surface area contributed by atoms with Crippen LogP contribution in [0.25, 0.3) is 0 Å². The summed E-state index contributed by atoms with van der Waals surface area (Å²) in [6, 6.07) is 8.12. The Morgan fingerprint density at radius 3 is 2.57 bits per heavy atom. The van der Waals surface area contributed by atoms with Crippen LogP contribution in [0.3, 0.4) is 0 Å². The topological polar surface area (TPSA) is 75.7 Å². The Balaban J connectivity index is 1.50. The maximum atomic E-state index is 12.3. The zero-order valence-electron chi connectivity index (χ0n) is 13.2. The van der Waals surface area contributed by atoms with Crippen LogP contribution in [0.15, 0.2) is 24.3 Å². The molecule has 1 atom stereocenters. The van der Waals surface area contributed by atoms with Crippen LogP contribution in [-0.4, -0.2) is 57.2 Å². The Morgan fingerprint density at radius 2 is 1.96 bits per heavy atom. The van der Waals surface area contributed by atoms with E-state index in [0.717, 1.165) is 12.8 Å². The summed E-state index contributed by atoms with van der Waals surface area (Å²) in [5, 5.41) is 2.92. The molecule has 1 fully saturated rings. The molecule has 0 bridgehead atoms. The molecule has 2 aliphatic rings. The third-order valence-corrected chi connectivity index (χ3v) is 5.77. The number of ether oxygens (including phenoxy) is 1. The van der Waals surface area contributed by atoms with Crippen molar-refractivity contribution in [2.24, 2.45) is 5.92 Å². The van der Waals surface area contributed by atoms with Crippen LogP contribution in [-0.2, 0) is 32.4 Å². The van der Waals surface area contributed by atoms with E-state index in [1.165, 1.54) is 21.7 Å². The standard InChI is InChI=1S/C16H22N2O4S/c1-23(20,21)18-6-7-22-15(11-18)10-17-16(19)14-8-12-4-2-3-5-13(12)9-14/h2-5,14-15H,6-11H2,1H3,(H,17,19)/t15-/m0/s1. The molecule has 0 aromatic heterocycles. The molecule has 3 rings (SSSR count). The molecule has 1 aromatic carbocycles. The van der Waals surface area contributed by atoms with Gasteiger partial charge < -0.3 is 10.1 Å². The van der Waals surface area contributed by atoms with Gasteiger partial charge in [0.25, 0.3) is 0 Å². The van der Waals surface area contributed by atoms with E-state index >= 15 is 0 Å². The van der Waals surface area contributed by atoms with Gasteiger partial charge in [0.1, 0.15) is 0 Å². The second-order valence-electron chi connectivity index (χ2n) is 6.23. The Morgan fingerprint density at radius 1 is 1.30 bits per heavy atom. The molecule has 0 radical (unpaired) electrons. The zero-order chi connectivity index (χ0) is 16.4. The molecule has 0 saturated carbocycles. The zero-order valence-corrected chi connectivity index (χ0v) is 14.0. The molecule has 126 valence electrons. The number of nitrogens with one attached hydrogen (secondary N) is 1. The lowest BCUT2D eigenvalue weighted by Crippen LogP contribution is -2.49. The summed E-state index contributed by atoms with van der Waals surface area (Å²) in [7, 11) is -3.21. The highest BCUT2D eigenvalue weighted by atomic mass is 32.2. The molecule has 1 amide bonds. The molecule has 1 aliphatic carbocycles. The van der Waals surface area contributed by atoms with E-state index in [0.29, 0.717) is 26.2 Å². The van der Waals surface area contributed by atoms with E-state index in [9.17, 15) is 13.2 Å². The van der Waals surface area contributed by atoms with E-state index in [2.05, 4.69) is 17.4 Å². The van der Waals surface area contributed by atoms with Crippen molar-refractivity contribution in [3.63, 3.8) is 0 Å². The fraction of sp³-hybridized carbons (Fsp3) is 0.562. The molecule has 1 saturated heterocycles. The van der Waals surface area contributed by atoms with Crippen LogP contribution >= 0.6 is 0 Å². The van der Waals surface area contributed by atoms with Crippen molar-refractivity contribution in [2.45, 2.75) is 18.9 Å². The van der Waals surface area contributed by atoms with Crippen molar-refractivity contribution in [1.29, 1.82) is 0 Å². The highest BCUT2D eigenvalue weighted by Gasteiger charge is 2.29. The van der Waals surface area contributed by atoms with Gasteiger partial charge in [-0.15, -0.1) is 0 Å². The molecular weight excluding hydrogens is 316 g/mol. The van der Waals surface area contributed by atoms with E-state index in [1.54, 1.807) is 0 Å². The van der Waals surface area contributed by atoms with E-state index in [-0.39, 0.29) is 17.9 Å². The van der Waals surface area contributed by atoms with Crippen molar-refractivity contribution in [3.05, 3.63) is 35.4 Å². The second kappa shape index (κ2) is 6.59. The Bertz CT molecular complexity index is 664. The first-order valence-electron chi connectivity index (χ1n) is 7.84. The number of sulfonamides is 1. The van der Waals surface area contributed by atoms with Crippen LogP contribution in [0.4, 0.5) is 0 Å². The molecule has 0 unspecified atom stereocenters. The minimum absolute atomic E-state index is 0.0151. The van der Waals surface area contributed by atoms with Gasteiger partial charge in [0.15, 0.2) is 0 Å². The predicted octanol–water partition coefficient (Wildman–Crippen LogP) is 0.178. The van der Waals surface area contributed by atoms with Gasteiger partial charge in [0.05, 0.1) is 19.0 Å². The summed E-state index contributed by atoms with van der Waals surface area (Å²) in [4.78, 5) is 12.3. The fourth-order valence-electron chi connectivity index (χ4n) is 3.22. The normalized spacial score (nSPS) is 22.7. The number of hydrogen-bond acceptors (Lipinski definition) is 4. The monoisotopic (exact) mass is 338 g/mol. The fourth-order valence-corrected chi connectivity index (χ4v) is 4.06. The number of benzene rings is 1. The molecule has 1 aliphatic heterocycles. The van der Waals surface area contributed by atoms with Crippen molar-refractivity contribution >= 4 is 15.9 Å². The van der Waals surface area contributed by atoms with Gasteiger partial charge in [-0.3, -0.25) is 4.79 Å². The van der Waals surface area contributed by atoms with Crippen LogP contribution in [0, 0.1) is 5.92 Å². The quantitative estimate of drug-likeness (QED) is 0.850. The lowest BCUT2D eigenvalue weighted by atomic mass is 10.1. The number of carbonyl (C=O) groups is 1. The van der Waals surface area contributed by atoms with Crippen LogP contribution in [0.2, 0.25) is 0 Å². The summed E-state index contributed by atoms with van der Waals surface area (Å²) in [5.41, 5.74) is 2.48. The number of amides is 1. The van der Waals surface area contributed by atoms with Crippen LogP contribution < -0.4 is 5.32 Å². The first-order chi connectivity index (χ1) is 10.9. The predicted molar refractivity (Wildman–Crippen MR) is 86.5 cm³/mol. The van der Waals surface area contributed by atoms with Gasteiger partial charge in [-0.2, -0.15) is 4.31 Å². The molecule has 0 spiro atoms. The number of carbonyl (C=O) groups excluding carboxylic acids is 1. The maximum absolute atomic E-state index is 12.3. The average Bonchev–Trinajstić information content (AvgIpc) is 2.96. The molecule has 6 nitrogen and oxygen atoms in total. The molecule has 23 heavy (non-hydrogen) atoms. The summed E-state index contributed by atoms with van der Waals surface area (Å²) >= 11 is 0. The van der Waals surface area contributed by atoms with Gasteiger partial charge in [-0.25, -0.2) is 8.42 Å². The highest BCUT2D eigenvalue weighted by molar-refractivity contribution is 7.88. The van der Waals surface area contributed by atoms with E-state index in [4.69, 9.17) is 4.74 Å². The van der Waals surface area contributed by atoms with Gasteiger partial charge >= 0.3 is 0 Å². The largest absolute Gasteiger partial charge is 0.374 e. The Labute approximate surface area is 136 Å². The first-order valence-corrected chi connectivity index (χ1v) is 9.69. The second-order valence-corrected chi connectivity index (χ2v) is 8.22. The number of nitrogens with zero attached hydrogens (tertiary/aromatic N) is 1. The molecule has 1 aromatic rings. The minimum Gasteiger partial charge on any atom is -0.374 e. The lowest BCUT2D eigenvalue weighted by Gasteiger charge is -2.31. The molecule has 1 N–H and O–H groups in total. The number of fused-ring (bicyclic) bond motifs is 1. The van der Waals surface area contributed by atoms with Gasteiger partial charge in [-0.1, -0.05) is 24.3 Å². The SMILES string of the molecule is CS(=O)(=O)N1CCO[C@@H](CNC(=O)C2Cc3ccccc3C2)C1. The summed E-state index contributed by atoms with van der Waals surface area (Å²) in [5.74, 6) is -0.0247. The third-order valence-electron chi connectivity index (χ3n) is 4.50. The minimum atomic E-state index is -3.21. The summed E-state index contributed by atoms with van der Waals surface area (Å²) in [6.07, 6.45) is 2.45. The smallest absolute Gasteiger partial charge is 0.223 e. The van der Waals surface area contributed by atoms with Gasteiger partial charge in [0.2, 0.25) is 15.9 Å². The first kappa shape index (κ1) is 16.4.